The average Bonchev–Trinajstić information content (AvgIpc) is 2.73. The Hall–Kier alpha value is -2.16. The molecule has 10 heteroatoms. The van der Waals surface area contributed by atoms with Crippen molar-refractivity contribution in [3.05, 3.63) is 52.5 Å². The average molecular weight is 472 g/mol. The van der Waals surface area contributed by atoms with Crippen LogP contribution < -0.4 is 13.9 Å². The second kappa shape index (κ2) is 9.32. The molecule has 0 bridgehead atoms. The molecule has 0 radical (unpaired) electrons. The molecular weight excluding hydrogens is 449 g/mol. The minimum atomic E-state index is -3.74. The van der Waals surface area contributed by atoms with Gasteiger partial charge in [-0.25, -0.2) is 8.42 Å². The van der Waals surface area contributed by atoms with Gasteiger partial charge in [0.25, 0.3) is 0 Å². The monoisotopic (exact) mass is 471 g/mol. The molecule has 7 nitrogen and oxygen atoms in total. The van der Waals surface area contributed by atoms with Crippen molar-refractivity contribution < 1.29 is 17.9 Å². The van der Waals surface area contributed by atoms with Crippen LogP contribution in [0.15, 0.2) is 42.5 Å². The summed E-state index contributed by atoms with van der Waals surface area (Å²) in [6.07, 6.45) is 1.04. The van der Waals surface area contributed by atoms with Crippen LogP contribution in [0.25, 0.3) is 0 Å². The van der Waals surface area contributed by atoms with E-state index in [0.29, 0.717) is 26.2 Å². The lowest BCUT2D eigenvalue weighted by molar-refractivity contribution is -0.129. The molecule has 1 aliphatic heterocycles. The SMILES string of the molecule is COc1ccccc1N1CCN(C(=O)CN(c2cccc(Cl)c2Cl)S(C)(=O)=O)CC1. The largest absolute Gasteiger partial charge is 0.495 e. The lowest BCUT2D eigenvalue weighted by Gasteiger charge is -2.37. The number of hydrogen-bond donors (Lipinski definition) is 0. The summed E-state index contributed by atoms with van der Waals surface area (Å²) in [6.45, 7) is 1.83. The lowest BCUT2D eigenvalue weighted by Crippen LogP contribution is -2.52. The van der Waals surface area contributed by atoms with E-state index in [2.05, 4.69) is 4.90 Å². The number of anilines is 2. The molecule has 0 atom stereocenters. The minimum Gasteiger partial charge on any atom is -0.495 e. The number of benzene rings is 2. The molecule has 2 aromatic carbocycles. The number of amides is 1. The molecule has 1 amide bonds. The Kier molecular flexibility index (Phi) is 7.00. The number of nitrogens with zero attached hydrogens (tertiary/aromatic N) is 3. The maximum Gasteiger partial charge on any atom is 0.243 e. The van der Waals surface area contributed by atoms with Crippen LogP contribution in [-0.4, -0.2) is 65.3 Å². The van der Waals surface area contributed by atoms with Crippen molar-refractivity contribution >= 4 is 50.5 Å². The Morgan fingerprint density at radius 3 is 2.37 bits per heavy atom. The van der Waals surface area contributed by atoms with Gasteiger partial charge in [-0.15, -0.1) is 0 Å². The highest BCUT2D eigenvalue weighted by molar-refractivity contribution is 7.92. The molecule has 1 fully saturated rings. The predicted octanol–water partition coefficient (Wildman–Crippen LogP) is 3.12. The van der Waals surface area contributed by atoms with Gasteiger partial charge in [-0.3, -0.25) is 9.10 Å². The Labute approximate surface area is 186 Å². The number of methoxy groups -OCH3 is 1. The maximum atomic E-state index is 12.9. The highest BCUT2D eigenvalue weighted by Crippen LogP contribution is 2.34. The van der Waals surface area contributed by atoms with Crippen molar-refractivity contribution in [1.82, 2.24) is 4.90 Å². The summed E-state index contributed by atoms with van der Waals surface area (Å²) in [4.78, 5) is 16.7. The van der Waals surface area contributed by atoms with Gasteiger partial charge in [0.1, 0.15) is 12.3 Å². The Morgan fingerprint density at radius 1 is 1.07 bits per heavy atom. The molecule has 0 N–H and O–H groups in total. The number of para-hydroxylation sites is 2. The summed E-state index contributed by atoms with van der Waals surface area (Å²) < 4.78 is 31.1. The first kappa shape index (κ1) is 22.5. The number of carbonyl (C=O) groups excluding carboxylic acids is 1. The Morgan fingerprint density at radius 2 is 1.73 bits per heavy atom. The van der Waals surface area contributed by atoms with E-state index >= 15 is 0 Å². The van der Waals surface area contributed by atoms with E-state index in [1.165, 1.54) is 6.07 Å². The van der Waals surface area contributed by atoms with E-state index in [4.69, 9.17) is 27.9 Å². The van der Waals surface area contributed by atoms with Gasteiger partial charge >= 0.3 is 0 Å². The number of hydrogen-bond acceptors (Lipinski definition) is 5. The van der Waals surface area contributed by atoms with E-state index < -0.39 is 10.0 Å². The van der Waals surface area contributed by atoms with Crippen molar-refractivity contribution in [2.24, 2.45) is 0 Å². The second-order valence-electron chi connectivity index (χ2n) is 6.88. The van der Waals surface area contributed by atoms with Crippen LogP contribution in [0.4, 0.5) is 11.4 Å². The standard InChI is InChI=1S/C20H23Cl2N3O4S/c1-29-18-9-4-3-7-16(18)23-10-12-24(13-11-23)19(26)14-25(30(2,27)28)17-8-5-6-15(21)20(17)22/h3-9H,10-14H2,1-2H3. The summed E-state index contributed by atoms with van der Waals surface area (Å²) in [6, 6.07) is 12.4. The first-order chi connectivity index (χ1) is 14.2. The Balaban J connectivity index is 1.71. The molecule has 0 aromatic heterocycles. The van der Waals surface area contributed by atoms with E-state index in [0.717, 1.165) is 22.0 Å². The van der Waals surface area contributed by atoms with Crippen LogP contribution >= 0.6 is 23.2 Å². The van der Waals surface area contributed by atoms with Crippen LogP contribution in [0.2, 0.25) is 10.0 Å². The van der Waals surface area contributed by atoms with Gasteiger partial charge in [0, 0.05) is 26.2 Å². The molecule has 30 heavy (non-hydrogen) atoms. The highest BCUT2D eigenvalue weighted by Gasteiger charge is 2.28. The van der Waals surface area contributed by atoms with Crippen molar-refractivity contribution in [2.75, 3.05) is 55.3 Å². The van der Waals surface area contributed by atoms with Crippen molar-refractivity contribution in [1.29, 1.82) is 0 Å². The molecule has 2 aromatic rings. The molecule has 1 saturated heterocycles. The third-order valence-electron chi connectivity index (χ3n) is 4.94. The number of carbonyl (C=O) groups is 1. The van der Waals surface area contributed by atoms with Gasteiger partial charge in [0.15, 0.2) is 0 Å². The molecule has 1 heterocycles. The molecule has 1 aliphatic rings. The van der Waals surface area contributed by atoms with Gasteiger partial charge in [0.05, 0.1) is 34.8 Å². The molecule has 0 unspecified atom stereocenters. The third-order valence-corrected chi connectivity index (χ3v) is 6.87. The number of sulfonamides is 1. The van der Waals surface area contributed by atoms with Gasteiger partial charge in [0.2, 0.25) is 15.9 Å². The smallest absolute Gasteiger partial charge is 0.243 e. The van der Waals surface area contributed by atoms with Gasteiger partial charge < -0.3 is 14.5 Å². The van der Waals surface area contributed by atoms with Crippen LogP contribution in [0.3, 0.4) is 0 Å². The third kappa shape index (κ3) is 4.94. The molecule has 162 valence electrons. The fourth-order valence-electron chi connectivity index (χ4n) is 3.38. The zero-order valence-electron chi connectivity index (χ0n) is 16.7. The van der Waals surface area contributed by atoms with Gasteiger partial charge in [-0.1, -0.05) is 41.4 Å². The predicted molar refractivity (Wildman–Crippen MR) is 120 cm³/mol. The van der Waals surface area contributed by atoms with Crippen LogP contribution in [0.1, 0.15) is 0 Å². The molecule has 0 aliphatic carbocycles. The van der Waals surface area contributed by atoms with E-state index in [1.54, 1.807) is 24.1 Å². The van der Waals surface area contributed by atoms with Gasteiger partial charge in [-0.2, -0.15) is 0 Å². The molecule has 3 rings (SSSR count). The van der Waals surface area contributed by atoms with Crippen molar-refractivity contribution in [3.8, 4) is 5.75 Å². The molecule has 0 saturated carbocycles. The summed E-state index contributed by atoms with van der Waals surface area (Å²) in [7, 11) is -2.11. The second-order valence-corrected chi connectivity index (χ2v) is 9.57. The maximum absolute atomic E-state index is 12.9. The van der Waals surface area contributed by atoms with Crippen LogP contribution in [0.5, 0.6) is 5.75 Å². The van der Waals surface area contributed by atoms with E-state index in [-0.39, 0.29) is 28.2 Å². The number of piperazine rings is 1. The number of rotatable bonds is 6. The summed E-state index contributed by atoms with van der Waals surface area (Å²) in [5.41, 5.74) is 1.16. The van der Waals surface area contributed by atoms with Crippen molar-refractivity contribution in [2.45, 2.75) is 0 Å². The summed E-state index contributed by atoms with van der Waals surface area (Å²) in [5, 5.41) is 0.319. The lowest BCUT2D eigenvalue weighted by atomic mass is 10.2. The van der Waals surface area contributed by atoms with Crippen LogP contribution in [0, 0.1) is 0 Å². The Bertz CT molecular complexity index is 1020. The molecule has 0 spiro atoms. The quantitative estimate of drug-likeness (QED) is 0.647. The minimum absolute atomic E-state index is 0.0957. The van der Waals surface area contributed by atoms with Crippen LogP contribution in [-0.2, 0) is 14.8 Å². The normalized spacial score (nSPS) is 14.5. The molecular formula is C20H23Cl2N3O4S. The fourth-order valence-corrected chi connectivity index (χ4v) is 4.68. The zero-order valence-corrected chi connectivity index (χ0v) is 19.0. The first-order valence-corrected chi connectivity index (χ1v) is 11.9. The highest BCUT2D eigenvalue weighted by atomic mass is 35.5. The van der Waals surface area contributed by atoms with E-state index in [9.17, 15) is 13.2 Å². The van der Waals surface area contributed by atoms with Crippen molar-refractivity contribution in [3.63, 3.8) is 0 Å². The topological polar surface area (TPSA) is 70.2 Å². The van der Waals surface area contributed by atoms with Gasteiger partial charge in [-0.05, 0) is 24.3 Å². The number of ether oxygens (including phenoxy) is 1. The number of halogens is 2. The summed E-state index contributed by atoms with van der Waals surface area (Å²) >= 11 is 12.2. The summed E-state index contributed by atoms with van der Waals surface area (Å²) in [5.74, 6) is 0.479. The van der Waals surface area contributed by atoms with E-state index in [1.807, 2.05) is 24.3 Å². The fraction of sp³-hybridized carbons (Fsp3) is 0.350. The zero-order chi connectivity index (χ0) is 21.9. The first-order valence-electron chi connectivity index (χ1n) is 9.30.